The van der Waals surface area contributed by atoms with Gasteiger partial charge in [0.15, 0.2) is 0 Å². The Hall–Kier alpha value is 0.946. The first-order chi connectivity index (χ1) is 8.22. The van der Waals surface area contributed by atoms with Crippen LogP contribution >= 0.6 is 11.8 Å². The fourth-order valence-corrected chi connectivity index (χ4v) is 2.26. The summed E-state index contributed by atoms with van der Waals surface area (Å²) in [5.41, 5.74) is 0. The van der Waals surface area contributed by atoms with E-state index in [0.29, 0.717) is 6.42 Å². The van der Waals surface area contributed by atoms with Crippen LogP contribution in [0.15, 0.2) is 0 Å². The summed E-state index contributed by atoms with van der Waals surface area (Å²) < 4.78 is 0. The molecule has 0 N–H and O–H groups in total. The number of thioether (sulfide) groups is 1. The van der Waals surface area contributed by atoms with Crippen LogP contribution in [0.25, 0.3) is 0 Å². The predicted octanol–water partition coefficient (Wildman–Crippen LogP) is -0.146. The number of thiocyanates is 1. The molecule has 0 fully saturated rings. The molecule has 3 nitrogen and oxygen atoms in total. The van der Waals surface area contributed by atoms with Crippen LogP contribution < -0.4 is 56.5 Å². The first kappa shape index (κ1) is 21.2. The number of carboxylic acid groups (broad SMARTS) is 1. The summed E-state index contributed by atoms with van der Waals surface area (Å²) in [6.45, 7) is 2.20. The standard InChI is InChI=1S/C13H23NO2S.K/c1-2-3-4-5-6-7-8-9-10-12(13(15)16)17-11-14;/h12H,2-10H2,1H3,(H,15,16);/q;+1/p-1. The maximum Gasteiger partial charge on any atom is 1.00 e. The maximum atomic E-state index is 10.6. The van der Waals surface area contributed by atoms with Crippen LogP contribution in [0.4, 0.5) is 0 Å². The summed E-state index contributed by atoms with van der Waals surface area (Å²) in [5, 5.41) is 20.2. The molecule has 0 aromatic carbocycles. The van der Waals surface area contributed by atoms with E-state index in [1.54, 1.807) is 0 Å². The van der Waals surface area contributed by atoms with E-state index in [2.05, 4.69) is 6.92 Å². The molecule has 0 bridgehead atoms. The van der Waals surface area contributed by atoms with Crippen LogP contribution in [0, 0.1) is 10.7 Å². The Labute approximate surface area is 158 Å². The number of carbonyl (C=O) groups excluding carboxylic acids is 1. The molecule has 0 saturated carbocycles. The molecule has 0 aliphatic heterocycles. The second-order valence-electron chi connectivity index (χ2n) is 4.28. The van der Waals surface area contributed by atoms with E-state index in [1.165, 1.54) is 38.5 Å². The van der Waals surface area contributed by atoms with Crippen LogP contribution in [-0.4, -0.2) is 11.2 Å². The molecule has 0 amide bonds. The van der Waals surface area contributed by atoms with Crippen molar-refractivity contribution in [1.29, 1.82) is 5.26 Å². The van der Waals surface area contributed by atoms with Crippen molar-refractivity contribution in [3.05, 3.63) is 0 Å². The predicted molar refractivity (Wildman–Crippen MR) is 69.2 cm³/mol. The minimum atomic E-state index is -1.11. The summed E-state index contributed by atoms with van der Waals surface area (Å²) in [7, 11) is 0. The number of rotatable bonds is 11. The van der Waals surface area contributed by atoms with Crippen LogP contribution in [0.2, 0.25) is 0 Å². The Bertz CT molecular complexity index is 244. The van der Waals surface area contributed by atoms with Gasteiger partial charge in [-0.05, 0) is 18.2 Å². The van der Waals surface area contributed by atoms with Gasteiger partial charge in [0.2, 0.25) is 0 Å². The van der Waals surface area contributed by atoms with E-state index in [-0.39, 0.29) is 51.4 Å². The normalized spacial score (nSPS) is 11.3. The molecular formula is C13H22KNO2S. The van der Waals surface area contributed by atoms with Gasteiger partial charge in [0, 0.05) is 0 Å². The summed E-state index contributed by atoms with van der Waals surface area (Å²) in [6.07, 6.45) is 10.1. The topological polar surface area (TPSA) is 63.9 Å². The zero-order valence-electron chi connectivity index (χ0n) is 11.6. The molecule has 18 heavy (non-hydrogen) atoms. The fourth-order valence-electron chi connectivity index (χ4n) is 1.75. The van der Waals surface area contributed by atoms with Gasteiger partial charge in [0.25, 0.3) is 0 Å². The van der Waals surface area contributed by atoms with Crippen molar-refractivity contribution in [2.24, 2.45) is 0 Å². The summed E-state index contributed by atoms with van der Waals surface area (Å²) >= 11 is 0.803. The fraction of sp³-hybridized carbons (Fsp3) is 0.846. The molecular weight excluding hydrogens is 273 g/mol. The molecule has 0 rings (SSSR count). The second kappa shape index (κ2) is 16.0. The number of hydrogen-bond donors (Lipinski definition) is 0. The average molecular weight is 295 g/mol. The van der Waals surface area contributed by atoms with Crippen LogP contribution in [0.5, 0.6) is 0 Å². The summed E-state index contributed by atoms with van der Waals surface area (Å²) in [6, 6.07) is 0. The van der Waals surface area contributed by atoms with E-state index in [0.717, 1.165) is 24.6 Å². The Morgan fingerprint density at radius 1 is 1.17 bits per heavy atom. The van der Waals surface area contributed by atoms with Crippen LogP contribution in [-0.2, 0) is 4.79 Å². The van der Waals surface area contributed by atoms with Crippen molar-refractivity contribution in [2.45, 2.75) is 70.0 Å². The molecule has 1 atom stereocenters. The molecule has 1 unspecified atom stereocenters. The Morgan fingerprint density at radius 3 is 2.11 bits per heavy atom. The quantitative estimate of drug-likeness (QED) is 0.302. The minimum absolute atomic E-state index is 0. The molecule has 0 aliphatic rings. The van der Waals surface area contributed by atoms with Crippen molar-refractivity contribution in [1.82, 2.24) is 0 Å². The van der Waals surface area contributed by atoms with E-state index >= 15 is 0 Å². The second-order valence-corrected chi connectivity index (χ2v) is 5.27. The van der Waals surface area contributed by atoms with Crippen LogP contribution in [0.1, 0.15) is 64.7 Å². The number of nitrogens with zero attached hydrogens (tertiary/aromatic N) is 1. The van der Waals surface area contributed by atoms with Gasteiger partial charge in [-0.1, -0.05) is 58.3 Å². The number of unbranched alkanes of at least 4 members (excludes halogenated alkanes) is 7. The van der Waals surface area contributed by atoms with Gasteiger partial charge in [-0.3, -0.25) is 0 Å². The molecule has 0 aliphatic carbocycles. The van der Waals surface area contributed by atoms with Crippen molar-refractivity contribution in [3.63, 3.8) is 0 Å². The van der Waals surface area contributed by atoms with E-state index in [1.807, 2.05) is 5.40 Å². The molecule has 0 saturated heterocycles. The van der Waals surface area contributed by atoms with Gasteiger partial charge in [-0.25, -0.2) is 0 Å². The molecule has 5 heteroatoms. The first-order valence-corrected chi connectivity index (χ1v) is 7.36. The number of carbonyl (C=O) groups is 1. The Morgan fingerprint density at radius 2 is 1.67 bits per heavy atom. The minimum Gasteiger partial charge on any atom is -0.549 e. The average Bonchev–Trinajstić information content (AvgIpc) is 2.31. The van der Waals surface area contributed by atoms with E-state index < -0.39 is 11.2 Å². The van der Waals surface area contributed by atoms with Crippen molar-refractivity contribution in [3.8, 4) is 5.40 Å². The molecule has 0 spiro atoms. The van der Waals surface area contributed by atoms with Crippen molar-refractivity contribution >= 4 is 17.7 Å². The Balaban J connectivity index is 0. The smallest absolute Gasteiger partial charge is 0.549 e. The van der Waals surface area contributed by atoms with Gasteiger partial charge in [0.05, 0.1) is 11.2 Å². The largest absolute Gasteiger partial charge is 1.00 e. The van der Waals surface area contributed by atoms with Crippen molar-refractivity contribution in [2.75, 3.05) is 0 Å². The zero-order chi connectivity index (χ0) is 12.9. The van der Waals surface area contributed by atoms with Gasteiger partial charge < -0.3 is 9.90 Å². The SMILES string of the molecule is CCCCCCCCCCC(SC#N)C(=O)[O-].[K+]. The van der Waals surface area contributed by atoms with E-state index in [4.69, 9.17) is 5.26 Å². The zero-order valence-corrected chi connectivity index (χ0v) is 15.6. The third-order valence-corrected chi connectivity index (χ3v) is 3.60. The summed E-state index contributed by atoms with van der Waals surface area (Å²) in [4.78, 5) is 10.6. The first-order valence-electron chi connectivity index (χ1n) is 6.48. The number of nitriles is 1. The monoisotopic (exact) mass is 295 g/mol. The third kappa shape index (κ3) is 13.4. The van der Waals surface area contributed by atoms with Crippen LogP contribution in [0.3, 0.4) is 0 Å². The molecule has 0 aromatic rings. The number of hydrogen-bond acceptors (Lipinski definition) is 4. The molecule has 0 heterocycles. The third-order valence-electron chi connectivity index (χ3n) is 2.78. The summed E-state index contributed by atoms with van der Waals surface area (Å²) in [5.74, 6) is -1.11. The number of aliphatic carboxylic acids is 1. The maximum absolute atomic E-state index is 10.6. The Kier molecular flexibility index (Phi) is 18.9. The molecule has 98 valence electrons. The molecule has 0 radical (unpaired) electrons. The van der Waals surface area contributed by atoms with Crippen molar-refractivity contribution < 1.29 is 61.3 Å². The van der Waals surface area contributed by atoms with Gasteiger partial charge in [-0.15, -0.1) is 0 Å². The van der Waals surface area contributed by atoms with Gasteiger partial charge in [0.1, 0.15) is 5.40 Å². The number of carboxylic acids is 1. The van der Waals surface area contributed by atoms with Gasteiger partial charge >= 0.3 is 51.4 Å². The van der Waals surface area contributed by atoms with E-state index in [9.17, 15) is 9.90 Å². The molecule has 0 aromatic heterocycles. The van der Waals surface area contributed by atoms with Gasteiger partial charge in [-0.2, -0.15) is 5.26 Å².